The summed E-state index contributed by atoms with van der Waals surface area (Å²) in [4.78, 5) is 23.7. The molecule has 8 nitrogen and oxygen atoms in total. The van der Waals surface area contributed by atoms with E-state index >= 15 is 0 Å². The van der Waals surface area contributed by atoms with Crippen LogP contribution in [0.5, 0.6) is 0 Å². The molecule has 0 aliphatic carbocycles. The Hall–Kier alpha value is -2.91. The van der Waals surface area contributed by atoms with E-state index in [9.17, 15) is 9.59 Å². The van der Waals surface area contributed by atoms with E-state index in [2.05, 4.69) is 15.5 Å². The molecule has 21 heavy (non-hydrogen) atoms. The van der Waals surface area contributed by atoms with Crippen molar-refractivity contribution < 1.29 is 4.79 Å². The molecule has 1 amide bonds. The van der Waals surface area contributed by atoms with E-state index in [0.29, 0.717) is 11.4 Å². The van der Waals surface area contributed by atoms with Crippen molar-refractivity contribution in [2.75, 3.05) is 5.32 Å². The number of rotatable bonds is 3. The van der Waals surface area contributed by atoms with E-state index in [1.54, 1.807) is 14.0 Å². The highest BCUT2D eigenvalue weighted by molar-refractivity contribution is 7.11. The summed E-state index contributed by atoms with van der Waals surface area (Å²) in [5.41, 5.74) is 0.993. The van der Waals surface area contributed by atoms with E-state index in [1.807, 2.05) is 12.1 Å². The Morgan fingerprint density at radius 1 is 1.52 bits per heavy atom. The van der Waals surface area contributed by atoms with Crippen LogP contribution in [0.2, 0.25) is 0 Å². The number of H-pyrrole nitrogens is 1. The molecule has 0 aliphatic rings. The molecule has 2 N–H and O–H groups in total. The maximum absolute atomic E-state index is 12.2. The van der Waals surface area contributed by atoms with Crippen LogP contribution in [0.15, 0.2) is 4.79 Å². The zero-order valence-corrected chi connectivity index (χ0v) is 12.0. The number of nitrogens with one attached hydrogen (secondary N) is 2. The maximum Gasteiger partial charge on any atom is 0.307 e. The van der Waals surface area contributed by atoms with Gasteiger partial charge in [0.1, 0.15) is 16.5 Å². The Morgan fingerprint density at radius 3 is 2.76 bits per heavy atom. The van der Waals surface area contributed by atoms with Crippen molar-refractivity contribution in [2.24, 2.45) is 7.05 Å². The van der Waals surface area contributed by atoms with Crippen LogP contribution in [0.3, 0.4) is 0 Å². The van der Waals surface area contributed by atoms with E-state index in [4.69, 9.17) is 10.5 Å². The molecule has 2 aromatic rings. The van der Waals surface area contributed by atoms with Gasteiger partial charge in [-0.2, -0.15) is 15.6 Å². The number of aromatic amines is 1. The number of aromatic nitrogens is 3. The molecule has 0 atom stereocenters. The minimum absolute atomic E-state index is 0.0105. The molecule has 0 aromatic carbocycles. The van der Waals surface area contributed by atoms with E-state index in [-0.39, 0.29) is 27.6 Å². The van der Waals surface area contributed by atoms with Gasteiger partial charge < -0.3 is 9.88 Å². The van der Waals surface area contributed by atoms with Crippen molar-refractivity contribution in [2.45, 2.75) is 13.3 Å². The van der Waals surface area contributed by atoms with Crippen LogP contribution in [0.4, 0.5) is 5.82 Å². The van der Waals surface area contributed by atoms with Crippen molar-refractivity contribution in [3.05, 3.63) is 31.5 Å². The first kappa shape index (κ1) is 14.5. The summed E-state index contributed by atoms with van der Waals surface area (Å²) in [6, 6.07) is 3.79. The van der Waals surface area contributed by atoms with E-state index in [1.165, 1.54) is 4.57 Å². The van der Waals surface area contributed by atoms with Crippen LogP contribution < -0.4 is 10.2 Å². The molecule has 0 saturated heterocycles. The molecule has 0 aliphatic heterocycles. The molecule has 0 spiro atoms. The molecule has 2 aromatic heterocycles. The van der Waals surface area contributed by atoms with Gasteiger partial charge >= 0.3 is 4.87 Å². The Labute approximate surface area is 123 Å². The van der Waals surface area contributed by atoms with Crippen LogP contribution in [-0.4, -0.2) is 20.7 Å². The lowest BCUT2D eigenvalue weighted by Crippen LogP contribution is -2.14. The summed E-state index contributed by atoms with van der Waals surface area (Å²) >= 11 is 0.821. The average molecular weight is 302 g/mol. The lowest BCUT2D eigenvalue weighted by Gasteiger charge is -2.01. The standard InChI is InChI=1S/C12H10N6O2S/c1-6-9(21-12(20)18(6)2)11(19)15-10-7(5-14)8(3-4-13)16-17-10/h3H2,1-2H3,(H2,15,16,17,19). The first-order chi connectivity index (χ1) is 9.99. The zero-order chi connectivity index (χ0) is 15.6. The molecule has 0 fully saturated rings. The fourth-order valence-electron chi connectivity index (χ4n) is 1.69. The first-order valence-electron chi connectivity index (χ1n) is 5.81. The molecule has 2 heterocycles. The third-order valence-corrected chi connectivity index (χ3v) is 4.08. The summed E-state index contributed by atoms with van der Waals surface area (Å²) in [5, 5.41) is 26.6. The summed E-state index contributed by atoms with van der Waals surface area (Å²) in [6.07, 6.45) is -0.0105. The summed E-state index contributed by atoms with van der Waals surface area (Å²) in [5.74, 6) is -0.461. The van der Waals surface area contributed by atoms with Gasteiger partial charge in [-0.3, -0.25) is 14.7 Å². The van der Waals surface area contributed by atoms with Gasteiger partial charge in [0.25, 0.3) is 5.91 Å². The number of anilines is 1. The number of nitrogens with zero attached hydrogens (tertiary/aromatic N) is 4. The third kappa shape index (κ3) is 2.55. The monoisotopic (exact) mass is 302 g/mol. The Bertz CT molecular complexity index is 845. The number of hydrogen-bond donors (Lipinski definition) is 2. The highest BCUT2D eigenvalue weighted by Gasteiger charge is 2.20. The fraction of sp³-hybridized carbons (Fsp3) is 0.250. The van der Waals surface area contributed by atoms with Gasteiger partial charge in [0.15, 0.2) is 5.82 Å². The molecule has 106 valence electrons. The lowest BCUT2D eigenvalue weighted by atomic mass is 10.2. The molecule has 2 rings (SSSR count). The normalized spacial score (nSPS) is 9.90. The number of hydrogen-bond acceptors (Lipinski definition) is 6. The highest BCUT2D eigenvalue weighted by atomic mass is 32.1. The van der Waals surface area contributed by atoms with Crippen LogP contribution in [-0.2, 0) is 13.5 Å². The van der Waals surface area contributed by atoms with E-state index < -0.39 is 5.91 Å². The molecule has 0 saturated carbocycles. The second kappa shape index (κ2) is 5.61. The minimum Gasteiger partial charge on any atom is -0.306 e. The van der Waals surface area contributed by atoms with Crippen molar-refractivity contribution in [3.8, 4) is 12.1 Å². The second-order valence-corrected chi connectivity index (χ2v) is 5.13. The number of amides is 1. The minimum atomic E-state index is -0.512. The molecule has 0 radical (unpaired) electrons. The average Bonchev–Trinajstić information content (AvgIpc) is 2.95. The number of carbonyl (C=O) groups is 1. The van der Waals surface area contributed by atoms with Gasteiger partial charge in [-0.15, -0.1) is 0 Å². The SMILES string of the molecule is Cc1c(C(=O)Nc2n[nH]c(CC#N)c2C#N)sc(=O)n1C. The summed E-state index contributed by atoms with van der Waals surface area (Å²) < 4.78 is 1.37. The Kier molecular flexibility index (Phi) is 3.87. The quantitative estimate of drug-likeness (QED) is 0.861. The Balaban J connectivity index is 2.33. The third-order valence-electron chi connectivity index (χ3n) is 2.94. The smallest absolute Gasteiger partial charge is 0.306 e. The largest absolute Gasteiger partial charge is 0.307 e. The molecule has 9 heteroatoms. The number of thiazole rings is 1. The van der Waals surface area contributed by atoms with Crippen molar-refractivity contribution >= 4 is 23.1 Å². The zero-order valence-electron chi connectivity index (χ0n) is 11.2. The highest BCUT2D eigenvalue weighted by Crippen LogP contribution is 2.18. The Morgan fingerprint density at radius 2 is 2.24 bits per heavy atom. The predicted octanol–water partition coefficient (Wildman–Crippen LogP) is 0.668. The molecule has 0 bridgehead atoms. The topological polar surface area (TPSA) is 127 Å². The molecular formula is C12H10N6O2S. The number of carbonyl (C=O) groups excluding carboxylic acids is 1. The van der Waals surface area contributed by atoms with Gasteiger partial charge in [0.05, 0.1) is 18.2 Å². The van der Waals surface area contributed by atoms with Crippen LogP contribution in [0.25, 0.3) is 0 Å². The second-order valence-electron chi connectivity index (χ2n) is 4.17. The fourth-order valence-corrected chi connectivity index (χ4v) is 2.57. The van der Waals surface area contributed by atoms with Gasteiger partial charge in [0, 0.05) is 12.7 Å². The molecular weight excluding hydrogens is 292 g/mol. The van der Waals surface area contributed by atoms with Crippen LogP contribution in [0.1, 0.15) is 26.6 Å². The number of nitriles is 2. The van der Waals surface area contributed by atoms with Crippen molar-refractivity contribution in [3.63, 3.8) is 0 Å². The van der Waals surface area contributed by atoms with Crippen LogP contribution in [0, 0.1) is 29.6 Å². The lowest BCUT2D eigenvalue weighted by molar-refractivity contribution is 0.102. The first-order valence-corrected chi connectivity index (χ1v) is 6.63. The maximum atomic E-state index is 12.2. The van der Waals surface area contributed by atoms with Gasteiger partial charge in [-0.1, -0.05) is 11.3 Å². The van der Waals surface area contributed by atoms with Gasteiger partial charge in [-0.25, -0.2) is 0 Å². The molecule has 0 unspecified atom stereocenters. The summed E-state index contributed by atoms with van der Waals surface area (Å²) in [7, 11) is 1.57. The van der Waals surface area contributed by atoms with Crippen LogP contribution >= 0.6 is 11.3 Å². The van der Waals surface area contributed by atoms with Crippen molar-refractivity contribution in [1.82, 2.24) is 14.8 Å². The van der Waals surface area contributed by atoms with Gasteiger partial charge in [0.2, 0.25) is 0 Å². The van der Waals surface area contributed by atoms with Gasteiger partial charge in [-0.05, 0) is 6.92 Å². The van der Waals surface area contributed by atoms with E-state index in [0.717, 1.165) is 11.3 Å². The summed E-state index contributed by atoms with van der Waals surface area (Å²) in [6.45, 7) is 1.66. The van der Waals surface area contributed by atoms with Crippen molar-refractivity contribution in [1.29, 1.82) is 10.5 Å². The predicted molar refractivity (Wildman–Crippen MR) is 74.9 cm³/mol.